The maximum Gasteiger partial charge on any atom is 0.407 e. The highest BCUT2D eigenvalue weighted by atomic mass is 16.6. The highest BCUT2D eigenvalue weighted by Crippen LogP contribution is 2.17. The van der Waals surface area contributed by atoms with Crippen LogP contribution in [0.5, 0.6) is 0 Å². The van der Waals surface area contributed by atoms with Crippen LogP contribution in [-0.2, 0) is 14.3 Å². The van der Waals surface area contributed by atoms with Crippen LogP contribution in [0.2, 0.25) is 0 Å². The monoisotopic (exact) mass is 530 g/mol. The Kier molecular flexibility index (Phi) is 11.9. The average Bonchev–Trinajstić information content (AvgIpc) is 2.85. The van der Waals surface area contributed by atoms with Gasteiger partial charge in [0.05, 0.1) is 18.4 Å². The van der Waals surface area contributed by atoms with Crippen LogP contribution in [0.1, 0.15) is 63.2 Å². The van der Waals surface area contributed by atoms with E-state index in [1.54, 1.807) is 24.3 Å². The molecule has 0 aromatic heterocycles. The Morgan fingerprint density at radius 3 is 2.42 bits per heavy atom. The molecule has 0 aliphatic carbocycles. The number of amides is 3. The Morgan fingerprint density at radius 2 is 1.76 bits per heavy atom. The minimum atomic E-state index is -0.506. The molecule has 1 aromatic carbocycles. The van der Waals surface area contributed by atoms with Gasteiger partial charge < -0.3 is 41.8 Å². The van der Waals surface area contributed by atoms with Crippen molar-refractivity contribution in [2.75, 3.05) is 32.1 Å². The molecular formula is C27H42N6O5. The first-order valence-corrected chi connectivity index (χ1v) is 12.9. The molecule has 0 spiro atoms. The lowest BCUT2D eigenvalue weighted by Crippen LogP contribution is -2.46. The molecule has 1 aromatic rings. The lowest BCUT2D eigenvalue weighted by atomic mass is 10.0. The summed E-state index contributed by atoms with van der Waals surface area (Å²) >= 11 is 0. The summed E-state index contributed by atoms with van der Waals surface area (Å²) < 4.78 is 10.1. The fraction of sp³-hybridized carbons (Fsp3) is 0.519. The second kappa shape index (κ2) is 14.9. The molecule has 3 amide bonds. The zero-order valence-electron chi connectivity index (χ0n) is 22.8. The fourth-order valence-corrected chi connectivity index (χ4v) is 3.88. The van der Waals surface area contributed by atoms with Gasteiger partial charge in [0, 0.05) is 31.6 Å². The Morgan fingerprint density at radius 1 is 1.08 bits per heavy atom. The Labute approximate surface area is 225 Å². The highest BCUT2D eigenvalue weighted by molar-refractivity contribution is 6.04. The first kappa shape index (κ1) is 30.5. The SMILES string of the molecule is CO/C(N)=C/C=C(\N)NC(=O)c1ccccc1NC(=O)CCCCN1CCC(NC(=O)OC(C)(C)C)CC1. The summed E-state index contributed by atoms with van der Waals surface area (Å²) in [4.78, 5) is 39.5. The molecule has 0 unspecified atom stereocenters. The number of ether oxygens (including phenoxy) is 2. The van der Waals surface area contributed by atoms with Crippen molar-refractivity contribution in [2.24, 2.45) is 11.5 Å². The first-order valence-electron chi connectivity index (χ1n) is 12.9. The zero-order chi connectivity index (χ0) is 28.1. The lowest BCUT2D eigenvalue weighted by molar-refractivity contribution is -0.116. The van der Waals surface area contributed by atoms with Crippen LogP contribution in [-0.4, -0.2) is 61.2 Å². The molecule has 0 atom stereocenters. The van der Waals surface area contributed by atoms with Crippen molar-refractivity contribution < 1.29 is 23.9 Å². The van der Waals surface area contributed by atoms with E-state index in [2.05, 4.69) is 20.9 Å². The molecule has 1 saturated heterocycles. The molecule has 1 aliphatic rings. The summed E-state index contributed by atoms with van der Waals surface area (Å²) in [6, 6.07) is 6.85. The van der Waals surface area contributed by atoms with Crippen LogP contribution in [0.4, 0.5) is 10.5 Å². The van der Waals surface area contributed by atoms with Crippen molar-refractivity contribution >= 4 is 23.6 Å². The molecule has 11 heteroatoms. The molecule has 1 fully saturated rings. The molecule has 1 heterocycles. The van der Waals surface area contributed by atoms with E-state index in [4.69, 9.17) is 20.9 Å². The smallest absolute Gasteiger partial charge is 0.407 e. The van der Waals surface area contributed by atoms with Crippen LogP contribution in [0, 0.1) is 0 Å². The van der Waals surface area contributed by atoms with Gasteiger partial charge in [0.25, 0.3) is 5.91 Å². The minimum absolute atomic E-state index is 0.0841. The van der Waals surface area contributed by atoms with E-state index in [0.29, 0.717) is 17.7 Å². The number of unbranched alkanes of at least 4 members (excludes halogenated alkanes) is 1. The first-order chi connectivity index (χ1) is 18.0. The van der Waals surface area contributed by atoms with Crippen molar-refractivity contribution in [1.82, 2.24) is 15.5 Å². The number of benzene rings is 1. The van der Waals surface area contributed by atoms with Crippen molar-refractivity contribution in [1.29, 1.82) is 0 Å². The predicted molar refractivity (Wildman–Crippen MR) is 147 cm³/mol. The molecule has 11 nitrogen and oxygen atoms in total. The summed E-state index contributed by atoms with van der Waals surface area (Å²) in [6.07, 6.45) is 6.15. The van der Waals surface area contributed by atoms with Crippen LogP contribution in [0.25, 0.3) is 0 Å². The van der Waals surface area contributed by atoms with Crippen LogP contribution in [0.15, 0.2) is 48.1 Å². The van der Waals surface area contributed by atoms with Crippen molar-refractivity contribution in [2.45, 2.75) is 64.5 Å². The van der Waals surface area contributed by atoms with E-state index in [0.717, 1.165) is 45.3 Å². The number of nitrogens with one attached hydrogen (secondary N) is 3. The fourth-order valence-electron chi connectivity index (χ4n) is 3.88. The topological polar surface area (TPSA) is 161 Å². The number of methoxy groups -OCH3 is 1. The van der Waals surface area contributed by atoms with E-state index < -0.39 is 11.5 Å². The number of nitrogens with two attached hydrogens (primary N) is 2. The molecule has 7 N–H and O–H groups in total. The predicted octanol–water partition coefficient (Wildman–Crippen LogP) is 2.76. The van der Waals surface area contributed by atoms with Crippen molar-refractivity contribution in [3.05, 3.63) is 53.7 Å². The van der Waals surface area contributed by atoms with Crippen molar-refractivity contribution in [3.63, 3.8) is 0 Å². The van der Waals surface area contributed by atoms with Gasteiger partial charge in [-0.2, -0.15) is 0 Å². The van der Waals surface area contributed by atoms with Gasteiger partial charge >= 0.3 is 6.09 Å². The van der Waals surface area contributed by atoms with Crippen molar-refractivity contribution in [3.8, 4) is 0 Å². The van der Waals surface area contributed by atoms with Gasteiger partial charge in [0.2, 0.25) is 5.91 Å². The van der Waals surface area contributed by atoms with E-state index in [1.807, 2.05) is 20.8 Å². The van der Waals surface area contributed by atoms with Gasteiger partial charge in [0.1, 0.15) is 11.4 Å². The zero-order valence-corrected chi connectivity index (χ0v) is 22.8. The molecule has 0 saturated carbocycles. The molecular weight excluding hydrogens is 488 g/mol. The number of hydrogen-bond acceptors (Lipinski definition) is 8. The number of piperidine rings is 1. The second-order valence-corrected chi connectivity index (χ2v) is 10.2. The molecule has 38 heavy (non-hydrogen) atoms. The number of alkyl carbamates (subject to hydrolysis) is 1. The second-order valence-electron chi connectivity index (χ2n) is 10.2. The number of carbonyl (C=O) groups excluding carboxylic acids is 3. The number of carbonyl (C=O) groups is 3. The summed E-state index contributed by atoms with van der Waals surface area (Å²) in [6.45, 7) is 8.21. The number of rotatable bonds is 11. The maximum absolute atomic E-state index is 12.6. The van der Waals surface area contributed by atoms with Gasteiger partial charge in [-0.3, -0.25) is 9.59 Å². The van der Waals surface area contributed by atoms with Gasteiger partial charge in [-0.1, -0.05) is 12.1 Å². The number of anilines is 1. The number of likely N-dealkylation sites (tertiary alicyclic amines) is 1. The van der Waals surface area contributed by atoms with Crippen LogP contribution < -0.4 is 27.4 Å². The Balaban J connectivity index is 1.72. The number of nitrogens with zero attached hydrogens (tertiary/aromatic N) is 1. The third kappa shape index (κ3) is 11.5. The van der Waals surface area contributed by atoms with Gasteiger partial charge in [-0.05, 0) is 71.2 Å². The molecule has 210 valence electrons. The largest absolute Gasteiger partial charge is 0.483 e. The summed E-state index contributed by atoms with van der Waals surface area (Å²) in [5.41, 5.74) is 11.5. The molecule has 0 bridgehead atoms. The summed E-state index contributed by atoms with van der Waals surface area (Å²) in [7, 11) is 1.42. The molecule has 1 aliphatic heterocycles. The van der Waals surface area contributed by atoms with E-state index in [9.17, 15) is 14.4 Å². The lowest BCUT2D eigenvalue weighted by Gasteiger charge is -2.32. The average molecular weight is 531 g/mol. The van der Waals surface area contributed by atoms with Gasteiger partial charge in [0.15, 0.2) is 5.88 Å². The van der Waals surface area contributed by atoms with E-state index in [-0.39, 0.29) is 29.7 Å². The third-order valence-corrected chi connectivity index (χ3v) is 5.80. The maximum atomic E-state index is 12.6. The van der Waals surface area contributed by atoms with Gasteiger partial charge in [-0.15, -0.1) is 0 Å². The Hall–Kier alpha value is -3.73. The van der Waals surface area contributed by atoms with Crippen LogP contribution >= 0.6 is 0 Å². The normalized spacial score (nSPS) is 15.5. The highest BCUT2D eigenvalue weighted by Gasteiger charge is 2.23. The molecule has 2 rings (SSSR count). The summed E-state index contributed by atoms with van der Waals surface area (Å²) in [5, 5.41) is 8.33. The number of allylic oxidation sites excluding steroid dienone is 2. The number of para-hydroxylation sites is 1. The van der Waals surface area contributed by atoms with E-state index in [1.165, 1.54) is 19.3 Å². The quantitative estimate of drug-likeness (QED) is 0.166. The van der Waals surface area contributed by atoms with Gasteiger partial charge in [-0.25, -0.2) is 4.79 Å². The third-order valence-electron chi connectivity index (χ3n) is 5.80. The standard InChI is InChI=1S/C27H42N6O5/c1-27(2,3)38-26(36)30-19-14-17-33(18-15-19)16-8-7-11-24(34)31-21-10-6-5-9-20(21)25(35)32-22(28)12-13-23(29)37-4/h5-6,9-10,12-13,19H,7-8,11,14-18,28-29H2,1-4H3,(H,30,36)(H,31,34)(H,32,35)/b22-12+,23-13+. The summed E-state index contributed by atoms with van der Waals surface area (Å²) in [5.74, 6) is -0.385. The van der Waals surface area contributed by atoms with Crippen LogP contribution in [0.3, 0.4) is 0 Å². The minimum Gasteiger partial charge on any atom is -0.483 e. The van der Waals surface area contributed by atoms with E-state index >= 15 is 0 Å². The number of hydrogen-bond donors (Lipinski definition) is 5. The Bertz CT molecular complexity index is 1010. The molecule has 0 radical (unpaired) electrons.